The number of morpholine rings is 1. The largest absolute Gasteiger partial charge is 0.366 e. The Morgan fingerprint density at radius 3 is 2.64 bits per heavy atom. The summed E-state index contributed by atoms with van der Waals surface area (Å²) in [6.45, 7) is 1.06. The molecule has 130 valence electrons. The van der Waals surface area contributed by atoms with Crippen LogP contribution in [0.3, 0.4) is 0 Å². The molecule has 2 aromatic rings. The third-order valence-electron chi connectivity index (χ3n) is 4.84. The number of halogens is 1. The number of rotatable bonds is 3. The first-order chi connectivity index (χ1) is 12.1. The standard InChI is InChI=1S/C19H19ClN2O3/c20-15-8-14(9-21-18(15)23)19(24)22-10-16(12-4-2-1-3-5-12)25-17(11-22)13-6-7-13/h1-5,8-9,13,16-17H,6-7,10-11H2,(H,21,23)/t16-,17+/m0/s1. The van der Waals surface area contributed by atoms with Crippen LogP contribution in [-0.4, -0.2) is 35.0 Å². The maximum absolute atomic E-state index is 12.9. The highest BCUT2D eigenvalue weighted by atomic mass is 35.5. The molecule has 1 saturated heterocycles. The third kappa shape index (κ3) is 3.48. The van der Waals surface area contributed by atoms with E-state index >= 15 is 0 Å². The molecule has 25 heavy (non-hydrogen) atoms. The van der Waals surface area contributed by atoms with Gasteiger partial charge in [0.15, 0.2) is 0 Å². The predicted molar refractivity (Wildman–Crippen MR) is 94.8 cm³/mol. The Morgan fingerprint density at radius 2 is 1.96 bits per heavy atom. The van der Waals surface area contributed by atoms with Gasteiger partial charge in [-0.1, -0.05) is 41.9 Å². The van der Waals surface area contributed by atoms with Crippen molar-refractivity contribution in [1.29, 1.82) is 0 Å². The summed E-state index contributed by atoms with van der Waals surface area (Å²) in [5, 5.41) is 0.0254. The normalized spacial score (nSPS) is 23.5. The summed E-state index contributed by atoms with van der Waals surface area (Å²) >= 11 is 5.87. The van der Waals surface area contributed by atoms with Crippen LogP contribution in [0.15, 0.2) is 47.4 Å². The van der Waals surface area contributed by atoms with Crippen molar-refractivity contribution < 1.29 is 9.53 Å². The van der Waals surface area contributed by atoms with Crippen LogP contribution >= 0.6 is 11.6 Å². The first-order valence-corrected chi connectivity index (χ1v) is 8.87. The molecule has 1 aliphatic heterocycles. The summed E-state index contributed by atoms with van der Waals surface area (Å²) in [5.41, 5.74) is 1.08. The van der Waals surface area contributed by atoms with Gasteiger partial charge >= 0.3 is 0 Å². The van der Waals surface area contributed by atoms with Crippen LogP contribution < -0.4 is 5.56 Å². The summed E-state index contributed by atoms with van der Waals surface area (Å²) in [4.78, 5) is 28.7. The number of ether oxygens (including phenoxy) is 1. The maximum atomic E-state index is 12.9. The summed E-state index contributed by atoms with van der Waals surface area (Å²) < 4.78 is 6.28. The van der Waals surface area contributed by atoms with Crippen molar-refractivity contribution in [1.82, 2.24) is 9.88 Å². The molecular weight excluding hydrogens is 340 g/mol. The number of carbonyl (C=O) groups is 1. The fraction of sp³-hybridized carbons (Fsp3) is 0.368. The van der Waals surface area contributed by atoms with Gasteiger partial charge in [0, 0.05) is 12.7 Å². The Bertz CT molecular complexity index is 832. The third-order valence-corrected chi connectivity index (χ3v) is 5.12. The van der Waals surface area contributed by atoms with E-state index in [1.54, 1.807) is 0 Å². The molecule has 0 bridgehead atoms. The van der Waals surface area contributed by atoms with Crippen LogP contribution in [0.4, 0.5) is 0 Å². The highest BCUT2D eigenvalue weighted by molar-refractivity contribution is 6.30. The number of amides is 1. The van der Waals surface area contributed by atoms with Crippen LogP contribution in [0, 0.1) is 5.92 Å². The SMILES string of the molecule is O=C(c1c[nH]c(=O)c(Cl)c1)N1C[C@@H](c2ccccc2)O[C@@H](C2CC2)C1. The van der Waals surface area contributed by atoms with Gasteiger partial charge in [0.05, 0.1) is 18.2 Å². The lowest BCUT2D eigenvalue weighted by molar-refractivity contribution is -0.0864. The average molecular weight is 359 g/mol. The van der Waals surface area contributed by atoms with E-state index in [1.807, 2.05) is 35.2 Å². The Morgan fingerprint density at radius 1 is 1.20 bits per heavy atom. The van der Waals surface area contributed by atoms with Crippen molar-refractivity contribution in [3.63, 3.8) is 0 Å². The van der Waals surface area contributed by atoms with Gasteiger partial charge in [0.25, 0.3) is 11.5 Å². The topological polar surface area (TPSA) is 62.4 Å². The lowest BCUT2D eigenvalue weighted by Gasteiger charge is -2.38. The van der Waals surface area contributed by atoms with Crippen molar-refractivity contribution in [3.8, 4) is 0 Å². The van der Waals surface area contributed by atoms with Gasteiger partial charge in [-0.3, -0.25) is 9.59 Å². The smallest absolute Gasteiger partial charge is 0.266 e. The molecule has 4 rings (SSSR count). The first-order valence-electron chi connectivity index (χ1n) is 8.50. The van der Waals surface area contributed by atoms with Crippen molar-refractivity contribution in [2.45, 2.75) is 25.0 Å². The van der Waals surface area contributed by atoms with Crippen molar-refractivity contribution in [2.75, 3.05) is 13.1 Å². The number of carbonyl (C=O) groups excluding carboxylic acids is 1. The number of pyridine rings is 1. The number of H-pyrrole nitrogens is 1. The minimum atomic E-state index is -0.391. The number of hydrogen-bond donors (Lipinski definition) is 1. The molecule has 0 radical (unpaired) electrons. The van der Waals surface area contributed by atoms with Gasteiger partial charge in [0.2, 0.25) is 0 Å². The molecule has 2 heterocycles. The van der Waals surface area contributed by atoms with Gasteiger partial charge in [-0.15, -0.1) is 0 Å². The van der Waals surface area contributed by atoms with Gasteiger partial charge in [-0.25, -0.2) is 0 Å². The molecule has 2 fully saturated rings. The van der Waals surface area contributed by atoms with E-state index in [0.717, 1.165) is 18.4 Å². The van der Waals surface area contributed by atoms with E-state index in [1.165, 1.54) is 12.3 Å². The van der Waals surface area contributed by atoms with E-state index in [0.29, 0.717) is 24.6 Å². The number of nitrogens with zero attached hydrogens (tertiary/aromatic N) is 1. The minimum Gasteiger partial charge on any atom is -0.366 e. The molecule has 1 aromatic heterocycles. The zero-order chi connectivity index (χ0) is 17.4. The second-order valence-electron chi connectivity index (χ2n) is 6.69. The summed E-state index contributed by atoms with van der Waals surface area (Å²) in [6.07, 6.45) is 3.65. The molecule has 2 aliphatic rings. The highest BCUT2D eigenvalue weighted by Gasteiger charge is 2.40. The Labute approximate surface area is 150 Å². The van der Waals surface area contributed by atoms with E-state index in [9.17, 15) is 9.59 Å². The summed E-state index contributed by atoms with van der Waals surface area (Å²) in [5.74, 6) is 0.397. The lowest BCUT2D eigenvalue weighted by Crippen LogP contribution is -2.47. The number of aromatic nitrogens is 1. The molecule has 1 N–H and O–H groups in total. The lowest BCUT2D eigenvalue weighted by atomic mass is 10.0. The molecule has 6 heteroatoms. The first kappa shape index (κ1) is 16.4. The van der Waals surface area contributed by atoms with Gasteiger partial charge in [-0.2, -0.15) is 0 Å². The molecule has 1 aliphatic carbocycles. The van der Waals surface area contributed by atoms with Gasteiger partial charge < -0.3 is 14.6 Å². The van der Waals surface area contributed by atoms with Crippen molar-refractivity contribution in [3.05, 3.63) is 69.1 Å². The average Bonchev–Trinajstić information content (AvgIpc) is 3.49. The van der Waals surface area contributed by atoms with Crippen molar-refractivity contribution >= 4 is 17.5 Å². The van der Waals surface area contributed by atoms with E-state index in [4.69, 9.17) is 16.3 Å². The van der Waals surface area contributed by atoms with Gasteiger partial charge in [-0.05, 0) is 30.4 Å². The molecule has 5 nitrogen and oxygen atoms in total. The second-order valence-corrected chi connectivity index (χ2v) is 7.09. The summed E-state index contributed by atoms with van der Waals surface area (Å²) in [6, 6.07) is 11.4. The van der Waals surface area contributed by atoms with E-state index in [2.05, 4.69) is 4.98 Å². The van der Waals surface area contributed by atoms with E-state index < -0.39 is 5.56 Å². The Hall–Kier alpha value is -2.11. The zero-order valence-electron chi connectivity index (χ0n) is 13.7. The number of aromatic amines is 1. The highest BCUT2D eigenvalue weighted by Crippen LogP contribution is 2.39. The minimum absolute atomic E-state index is 0.0254. The fourth-order valence-corrected chi connectivity index (χ4v) is 3.47. The fourth-order valence-electron chi connectivity index (χ4n) is 3.30. The monoisotopic (exact) mass is 358 g/mol. The molecule has 1 amide bonds. The molecule has 0 spiro atoms. The van der Waals surface area contributed by atoms with Crippen LogP contribution in [0.5, 0.6) is 0 Å². The van der Waals surface area contributed by atoms with E-state index in [-0.39, 0.29) is 23.1 Å². The van der Waals surface area contributed by atoms with Crippen LogP contribution in [0.2, 0.25) is 5.02 Å². The number of benzene rings is 1. The molecule has 1 saturated carbocycles. The van der Waals surface area contributed by atoms with Crippen LogP contribution in [0.1, 0.15) is 34.9 Å². The van der Waals surface area contributed by atoms with Crippen molar-refractivity contribution in [2.24, 2.45) is 5.92 Å². The van der Waals surface area contributed by atoms with Crippen LogP contribution in [-0.2, 0) is 4.74 Å². The predicted octanol–water partition coefficient (Wildman–Crippen LogP) is 3.02. The Balaban J connectivity index is 1.59. The number of nitrogens with one attached hydrogen (secondary N) is 1. The zero-order valence-corrected chi connectivity index (χ0v) is 14.4. The van der Waals surface area contributed by atoms with Gasteiger partial charge in [0.1, 0.15) is 11.1 Å². The molecule has 1 aromatic carbocycles. The second kappa shape index (κ2) is 6.65. The molecular formula is C19H19ClN2O3. The maximum Gasteiger partial charge on any atom is 0.266 e. The van der Waals surface area contributed by atoms with Crippen LogP contribution in [0.25, 0.3) is 0 Å². The quantitative estimate of drug-likeness (QED) is 0.917. The number of hydrogen-bond acceptors (Lipinski definition) is 3. The molecule has 0 unspecified atom stereocenters. The summed E-state index contributed by atoms with van der Waals surface area (Å²) in [7, 11) is 0. The molecule has 2 atom stereocenters. The Kier molecular flexibility index (Phi) is 4.36.